The smallest absolute Gasteiger partial charge is 0.207 e. The molecule has 98 valence electrons. The summed E-state index contributed by atoms with van der Waals surface area (Å²) in [5, 5.41) is 9.07. The van der Waals surface area contributed by atoms with Gasteiger partial charge < -0.3 is 0 Å². The summed E-state index contributed by atoms with van der Waals surface area (Å²) in [6, 6.07) is 7.78. The summed E-state index contributed by atoms with van der Waals surface area (Å²) < 4.78 is 26.0. The average molecular weight is 287 g/mol. The van der Waals surface area contributed by atoms with Gasteiger partial charge in [-0.25, -0.2) is 8.42 Å². The molecule has 0 radical (unpaired) electrons. The highest BCUT2D eigenvalue weighted by Gasteiger charge is 2.26. The molecule has 1 aromatic carbocycles. The van der Waals surface area contributed by atoms with Crippen molar-refractivity contribution in [2.45, 2.75) is 31.2 Å². The van der Waals surface area contributed by atoms with E-state index in [9.17, 15) is 8.42 Å². The minimum absolute atomic E-state index is 0.172. The average Bonchev–Trinajstić information content (AvgIpc) is 2.29. The van der Waals surface area contributed by atoms with Gasteiger partial charge >= 0.3 is 0 Å². The Hall–Kier alpha value is -1.09. The van der Waals surface area contributed by atoms with Crippen LogP contribution < -0.4 is 0 Å². The van der Waals surface area contributed by atoms with E-state index in [1.807, 2.05) is 6.07 Å². The highest BCUT2D eigenvalue weighted by Crippen LogP contribution is 2.20. The van der Waals surface area contributed by atoms with E-state index in [0.29, 0.717) is 5.02 Å². The Morgan fingerprint density at radius 3 is 2.33 bits per heavy atom. The quantitative estimate of drug-likeness (QED) is 0.836. The molecule has 0 fully saturated rings. The lowest BCUT2D eigenvalue weighted by atomic mass is 10.3. The number of benzene rings is 1. The van der Waals surface area contributed by atoms with Crippen molar-refractivity contribution in [3.05, 3.63) is 29.3 Å². The second-order valence-corrected chi connectivity index (χ2v) is 6.40. The molecule has 1 rings (SSSR count). The SMILES string of the molecule is CC(C)N(CCC#N)S(=O)(=O)c1ccc(Cl)cc1. The molecule has 0 bridgehead atoms. The van der Waals surface area contributed by atoms with Crippen LogP contribution >= 0.6 is 11.6 Å². The van der Waals surface area contributed by atoms with Crippen molar-refractivity contribution >= 4 is 21.6 Å². The van der Waals surface area contributed by atoms with Gasteiger partial charge in [0.1, 0.15) is 0 Å². The van der Waals surface area contributed by atoms with Crippen molar-refractivity contribution in [1.82, 2.24) is 4.31 Å². The molecule has 0 N–H and O–H groups in total. The predicted molar refractivity (Wildman–Crippen MR) is 70.7 cm³/mol. The van der Waals surface area contributed by atoms with Crippen LogP contribution in [0.3, 0.4) is 0 Å². The Morgan fingerprint density at radius 2 is 1.89 bits per heavy atom. The topological polar surface area (TPSA) is 61.2 Å². The van der Waals surface area contributed by atoms with Gasteiger partial charge in [-0.1, -0.05) is 11.6 Å². The third kappa shape index (κ3) is 3.45. The van der Waals surface area contributed by atoms with Gasteiger partial charge in [0.15, 0.2) is 0 Å². The summed E-state index contributed by atoms with van der Waals surface area (Å²) in [5.41, 5.74) is 0. The third-order valence-electron chi connectivity index (χ3n) is 2.44. The molecule has 0 atom stereocenters. The molecular weight excluding hydrogens is 272 g/mol. The molecule has 0 amide bonds. The molecule has 18 heavy (non-hydrogen) atoms. The van der Waals surface area contributed by atoms with Crippen molar-refractivity contribution in [1.29, 1.82) is 5.26 Å². The van der Waals surface area contributed by atoms with E-state index < -0.39 is 10.0 Å². The zero-order valence-corrected chi connectivity index (χ0v) is 11.9. The Bertz CT molecular complexity index is 532. The Morgan fingerprint density at radius 1 is 1.33 bits per heavy atom. The van der Waals surface area contributed by atoms with Gasteiger partial charge in [0, 0.05) is 24.0 Å². The molecule has 0 aliphatic heterocycles. The van der Waals surface area contributed by atoms with Crippen LogP contribution in [0.1, 0.15) is 20.3 Å². The van der Waals surface area contributed by atoms with Gasteiger partial charge in [-0.05, 0) is 38.1 Å². The van der Waals surface area contributed by atoms with Crippen molar-refractivity contribution in [2.24, 2.45) is 0 Å². The fourth-order valence-electron chi connectivity index (χ4n) is 1.56. The van der Waals surface area contributed by atoms with Gasteiger partial charge in [-0.2, -0.15) is 9.57 Å². The minimum Gasteiger partial charge on any atom is -0.207 e. The Labute approximate surface area is 113 Å². The first-order chi connectivity index (χ1) is 8.39. The number of halogens is 1. The van der Waals surface area contributed by atoms with Crippen molar-refractivity contribution in [3.63, 3.8) is 0 Å². The first kappa shape index (κ1) is 15.0. The maximum Gasteiger partial charge on any atom is 0.243 e. The van der Waals surface area contributed by atoms with E-state index >= 15 is 0 Å². The summed E-state index contributed by atoms with van der Waals surface area (Å²) >= 11 is 5.74. The van der Waals surface area contributed by atoms with E-state index in [1.165, 1.54) is 28.6 Å². The number of nitriles is 1. The Balaban J connectivity index is 3.09. The Kier molecular flexibility index (Phi) is 5.15. The van der Waals surface area contributed by atoms with Crippen LogP contribution in [0.4, 0.5) is 0 Å². The molecule has 0 aliphatic carbocycles. The predicted octanol–water partition coefficient (Wildman–Crippen LogP) is 2.65. The number of rotatable bonds is 5. The summed E-state index contributed by atoms with van der Waals surface area (Å²) in [6.45, 7) is 3.76. The molecule has 0 saturated carbocycles. The maximum atomic E-state index is 12.4. The number of hydrogen-bond donors (Lipinski definition) is 0. The van der Waals surface area contributed by atoms with Crippen LogP contribution in [-0.4, -0.2) is 25.3 Å². The summed E-state index contributed by atoms with van der Waals surface area (Å²) in [5.74, 6) is 0. The fraction of sp³-hybridized carbons (Fsp3) is 0.417. The monoisotopic (exact) mass is 286 g/mol. The van der Waals surface area contributed by atoms with E-state index in [2.05, 4.69) is 0 Å². The second-order valence-electron chi connectivity index (χ2n) is 4.07. The first-order valence-electron chi connectivity index (χ1n) is 5.54. The van der Waals surface area contributed by atoms with E-state index in [1.54, 1.807) is 13.8 Å². The van der Waals surface area contributed by atoms with E-state index in [-0.39, 0.29) is 23.9 Å². The van der Waals surface area contributed by atoms with Gasteiger partial charge in [0.2, 0.25) is 10.0 Å². The molecule has 0 saturated heterocycles. The molecule has 0 aliphatic rings. The summed E-state index contributed by atoms with van der Waals surface area (Å²) in [4.78, 5) is 0.193. The molecular formula is C12H15ClN2O2S. The molecule has 0 aromatic heterocycles. The van der Waals surface area contributed by atoms with Crippen LogP contribution in [-0.2, 0) is 10.0 Å². The second kappa shape index (κ2) is 6.19. The maximum absolute atomic E-state index is 12.4. The largest absolute Gasteiger partial charge is 0.243 e. The lowest BCUT2D eigenvalue weighted by molar-refractivity contribution is 0.360. The lowest BCUT2D eigenvalue weighted by Crippen LogP contribution is -2.37. The molecule has 4 nitrogen and oxygen atoms in total. The highest BCUT2D eigenvalue weighted by atomic mass is 35.5. The summed E-state index contributed by atoms with van der Waals surface area (Å²) in [6.07, 6.45) is 0.172. The van der Waals surface area contributed by atoms with Gasteiger partial charge in [-0.15, -0.1) is 0 Å². The van der Waals surface area contributed by atoms with Crippen LogP contribution in [0, 0.1) is 11.3 Å². The standard InChI is InChI=1S/C12H15ClN2O2S/c1-10(2)15(9-3-8-14)18(16,17)12-6-4-11(13)5-7-12/h4-7,10H,3,9H2,1-2H3. The van der Waals surface area contributed by atoms with Crippen molar-refractivity contribution < 1.29 is 8.42 Å². The molecule has 1 aromatic rings. The summed E-state index contributed by atoms with van der Waals surface area (Å²) in [7, 11) is -3.57. The van der Waals surface area contributed by atoms with Crippen molar-refractivity contribution in [2.75, 3.05) is 6.54 Å². The number of nitrogens with zero attached hydrogens (tertiary/aromatic N) is 2. The van der Waals surface area contributed by atoms with Gasteiger partial charge in [-0.3, -0.25) is 0 Å². The van der Waals surface area contributed by atoms with Gasteiger partial charge in [0.05, 0.1) is 11.0 Å². The zero-order chi connectivity index (χ0) is 13.8. The van der Waals surface area contributed by atoms with Crippen molar-refractivity contribution in [3.8, 4) is 6.07 Å². The normalized spacial score (nSPS) is 11.8. The van der Waals surface area contributed by atoms with E-state index in [0.717, 1.165) is 0 Å². The third-order valence-corrected chi connectivity index (χ3v) is 4.78. The molecule has 6 heteroatoms. The van der Waals surface area contributed by atoms with Crippen LogP contribution in [0.5, 0.6) is 0 Å². The molecule has 0 spiro atoms. The zero-order valence-electron chi connectivity index (χ0n) is 10.3. The first-order valence-corrected chi connectivity index (χ1v) is 7.35. The highest BCUT2D eigenvalue weighted by molar-refractivity contribution is 7.89. The molecule has 0 unspecified atom stereocenters. The van der Waals surface area contributed by atoms with Crippen LogP contribution in [0.25, 0.3) is 0 Å². The van der Waals surface area contributed by atoms with Gasteiger partial charge in [0.25, 0.3) is 0 Å². The fourth-order valence-corrected chi connectivity index (χ4v) is 3.32. The van der Waals surface area contributed by atoms with Crippen LogP contribution in [0.15, 0.2) is 29.2 Å². The van der Waals surface area contributed by atoms with E-state index in [4.69, 9.17) is 16.9 Å². The minimum atomic E-state index is -3.57. The number of hydrogen-bond acceptors (Lipinski definition) is 3. The number of sulfonamides is 1. The molecule has 0 heterocycles. The van der Waals surface area contributed by atoms with Crippen LogP contribution in [0.2, 0.25) is 5.02 Å². The lowest BCUT2D eigenvalue weighted by Gasteiger charge is -2.24.